The van der Waals surface area contributed by atoms with Crippen molar-refractivity contribution in [3.05, 3.63) is 7.43 Å². The highest BCUT2D eigenvalue weighted by Gasteiger charge is 2.21. The second-order valence-electron chi connectivity index (χ2n) is 13.4. The van der Waals surface area contributed by atoms with E-state index in [9.17, 15) is 9.59 Å². The highest BCUT2D eigenvalue weighted by Crippen LogP contribution is 2.24. The van der Waals surface area contributed by atoms with Crippen LogP contribution >= 0.6 is 0 Å². The van der Waals surface area contributed by atoms with Crippen LogP contribution in [0.4, 0.5) is 0 Å². The number of nitrogens with zero attached hydrogens (tertiary/aromatic N) is 2. The van der Waals surface area contributed by atoms with Gasteiger partial charge in [-0.05, 0) is 50.7 Å². The summed E-state index contributed by atoms with van der Waals surface area (Å²) in [5.74, 6) is 0.605. The number of amides is 2. The Hall–Kier alpha value is -1.14. The van der Waals surface area contributed by atoms with Gasteiger partial charge in [0.15, 0.2) is 0 Å². The van der Waals surface area contributed by atoms with Crippen LogP contribution in [0.1, 0.15) is 88.5 Å². The summed E-state index contributed by atoms with van der Waals surface area (Å²) in [6.45, 7) is 20.7. The van der Waals surface area contributed by atoms with Gasteiger partial charge in [-0.15, -0.1) is 0 Å². The zero-order valence-electron chi connectivity index (χ0n) is 25.5. The monoisotopic (exact) mass is 503 g/mol. The van der Waals surface area contributed by atoms with Crippen LogP contribution < -0.4 is 10.6 Å². The first-order valence-electron chi connectivity index (χ1n) is 12.7. The molecule has 0 rings (SSSR count). The standard InChI is InChI=1S/C14H30N2O.C13H28N2O.CH4.CH3/c1-12(11-14(2,3)4)13(17)15-9-8-10-16(5,6)7;1-11(10-13(2,3)4)12(16)14-8-7-9-15(5)6;;/h12H,8-11H2,1-7H3;11H,7-10H2,1-6H3,(H,14,16);1H4;1H3/q;;;-1/p+1. The molecule has 214 valence electrons. The molecule has 2 unspecified atom stereocenters. The average molecular weight is 503 g/mol. The average Bonchev–Trinajstić information content (AvgIpc) is 2.58. The van der Waals surface area contributed by atoms with Crippen LogP contribution in [0.2, 0.25) is 0 Å². The summed E-state index contributed by atoms with van der Waals surface area (Å²) in [6.07, 6.45) is 3.93. The minimum Gasteiger partial charge on any atom is -0.358 e. The first kappa shape index (κ1) is 41.0. The van der Waals surface area contributed by atoms with E-state index in [1.54, 1.807) is 0 Å². The summed E-state index contributed by atoms with van der Waals surface area (Å²) in [5, 5.41) is 6.02. The molecule has 0 aliphatic rings. The van der Waals surface area contributed by atoms with E-state index in [4.69, 9.17) is 0 Å². The van der Waals surface area contributed by atoms with Gasteiger partial charge in [0.2, 0.25) is 11.8 Å². The quantitative estimate of drug-likeness (QED) is 0.211. The van der Waals surface area contributed by atoms with E-state index in [2.05, 4.69) is 78.2 Å². The van der Waals surface area contributed by atoms with E-state index >= 15 is 0 Å². The van der Waals surface area contributed by atoms with E-state index in [0.717, 1.165) is 56.3 Å². The largest absolute Gasteiger partial charge is 0.358 e. The Morgan fingerprint density at radius 2 is 1.11 bits per heavy atom. The van der Waals surface area contributed by atoms with Crippen LogP contribution in [0, 0.1) is 30.1 Å². The van der Waals surface area contributed by atoms with Crippen molar-refractivity contribution in [3.63, 3.8) is 0 Å². The molecular weight excluding hydrogens is 436 g/mol. The molecule has 2 atom stereocenters. The normalized spacial score (nSPS) is 13.4. The van der Waals surface area contributed by atoms with Gasteiger partial charge in [-0.3, -0.25) is 9.59 Å². The molecule has 2 N–H and O–H groups in total. The molecular formula is C29H66N4O2. The molecule has 0 saturated heterocycles. The van der Waals surface area contributed by atoms with Crippen molar-refractivity contribution < 1.29 is 14.1 Å². The molecule has 0 fully saturated rings. The van der Waals surface area contributed by atoms with Gasteiger partial charge in [-0.1, -0.05) is 62.8 Å². The predicted molar refractivity (Wildman–Crippen MR) is 156 cm³/mol. The maximum absolute atomic E-state index is 11.8. The molecule has 0 saturated carbocycles. The molecule has 0 aromatic carbocycles. The van der Waals surface area contributed by atoms with Crippen LogP contribution in [0.5, 0.6) is 0 Å². The van der Waals surface area contributed by atoms with Crippen molar-refractivity contribution in [1.29, 1.82) is 0 Å². The second-order valence-corrected chi connectivity index (χ2v) is 13.4. The van der Waals surface area contributed by atoms with Crippen LogP contribution in [-0.4, -0.2) is 82.6 Å². The van der Waals surface area contributed by atoms with Gasteiger partial charge in [-0.2, -0.15) is 0 Å². The van der Waals surface area contributed by atoms with Crippen molar-refractivity contribution in [3.8, 4) is 0 Å². The lowest BCUT2D eigenvalue weighted by Gasteiger charge is -2.24. The van der Waals surface area contributed by atoms with Gasteiger partial charge in [0, 0.05) is 31.3 Å². The summed E-state index contributed by atoms with van der Waals surface area (Å²) in [7, 11) is 10.6. The first-order chi connectivity index (χ1) is 14.7. The van der Waals surface area contributed by atoms with E-state index in [0.29, 0.717) is 0 Å². The first-order valence-corrected chi connectivity index (χ1v) is 12.7. The molecule has 6 heteroatoms. The summed E-state index contributed by atoms with van der Waals surface area (Å²) in [5.41, 5.74) is 0.444. The smallest absolute Gasteiger partial charge is 0.222 e. The third-order valence-electron chi connectivity index (χ3n) is 5.12. The molecule has 0 radical (unpaired) electrons. The SMILES string of the molecule is C.CC(CC(C)(C)C)C(=O)NCCCN(C)C.CC(CC(C)(C)C)C(=O)NCCC[N+](C)(C)C.[CH3-]. The molecule has 35 heavy (non-hydrogen) atoms. The number of carbonyl (C=O) groups is 2. The molecule has 6 nitrogen and oxygen atoms in total. The number of hydrogen-bond donors (Lipinski definition) is 2. The Balaban J connectivity index is -0.000000260. The van der Waals surface area contributed by atoms with Gasteiger partial charge >= 0.3 is 0 Å². The number of carbonyl (C=O) groups excluding carboxylic acids is 2. The molecule has 0 aliphatic heterocycles. The summed E-state index contributed by atoms with van der Waals surface area (Å²) in [4.78, 5) is 25.7. The third-order valence-corrected chi connectivity index (χ3v) is 5.12. The molecule has 0 bridgehead atoms. The van der Waals surface area contributed by atoms with Crippen LogP contribution in [-0.2, 0) is 9.59 Å². The fourth-order valence-electron chi connectivity index (χ4n) is 3.74. The highest BCUT2D eigenvalue weighted by atomic mass is 16.2. The zero-order chi connectivity index (χ0) is 26.5. The van der Waals surface area contributed by atoms with Gasteiger partial charge in [0.05, 0.1) is 27.7 Å². The fourth-order valence-corrected chi connectivity index (χ4v) is 3.74. The van der Waals surface area contributed by atoms with E-state index in [1.807, 2.05) is 27.9 Å². The van der Waals surface area contributed by atoms with E-state index in [1.165, 1.54) is 0 Å². The summed E-state index contributed by atoms with van der Waals surface area (Å²) >= 11 is 0. The number of hydrogen-bond acceptors (Lipinski definition) is 3. The predicted octanol–water partition coefficient (Wildman–Crippen LogP) is 5.48. The fraction of sp³-hybridized carbons (Fsp3) is 0.897. The number of quaternary nitrogens is 1. The molecule has 2 amide bonds. The molecule has 0 aromatic heterocycles. The topological polar surface area (TPSA) is 61.4 Å². The van der Waals surface area contributed by atoms with Crippen LogP contribution in [0.3, 0.4) is 0 Å². The summed E-state index contributed by atoms with van der Waals surface area (Å²) in [6, 6.07) is 0. The van der Waals surface area contributed by atoms with E-state index in [-0.39, 0.29) is 49.3 Å². The van der Waals surface area contributed by atoms with Gasteiger partial charge in [0.1, 0.15) is 0 Å². The summed E-state index contributed by atoms with van der Waals surface area (Å²) < 4.78 is 0.952. The lowest BCUT2D eigenvalue weighted by molar-refractivity contribution is -0.870. The van der Waals surface area contributed by atoms with Crippen molar-refractivity contribution in [1.82, 2.24) is 15.5 Å². The van der Waals surface area contributed by atoms with Gasteiger partial charge < -0.3 is 27.4 Å². The Morgan fingerprint density at radius 3 is 1.40 bits per heavy atom. The Kier molecular flexibility index (Phi) is 22.3. The Bertz CT molecular complexity index is 540. The second kappa shape index (κ2) is 19.0. The molecule has 0 heterocycles. The third kappa shape index (κ3) is 30.8. The lowest BCUT2D eigenvalue weighted by Crippen LogP contribution is -2.38. The highest BCUT2D eigenvalue weighted by molar-refractivity contribution is 5.78. The Labute approximate surface area is 221 Å². The lowest BCUT2D eigenvalue weighted by atomic mass is 9.85. The number of rotatable bonds is 12. The van der Waals surface area contributed by atoms with Gasteiger partial charge in [-0.25, -0.2) is 0 Å². The molecule has 0 aliphatic carbocycles. The van der Waals surface area contributed by atoms with Crippen LogP contribution in [0.25, 0.3) is 0 Å². The zero-order valence-corrected chi connectivity index (χ0v) is 25.5. The molecule has 0 spiro atoms. The van der Waals surface area contributed by atoms with Crippen molar-refractivity contribution in [2.24, 2.45) is 22.7 Å². The molecule has 0 aromatic rings. The van der Waals surface area contributed by atoms with Gasteiger partial charge in [0.25, 0.3) is 0 Å². The number of nitrogens with one attached hydrogen (secondary N) is 2. The van der Waals surface area contributed by atoms with E-state index < -0.39 is 0 Å². The minimum atomic E-state index is 0. The maximum atomic E-state index is 11.8. The maximum Gasteiger partial charge on any atom is 0.222 e. The Morgan fingerprint density at radius 1 is 0.771 bits per heavy atom. The van der Waals surface area contributed by atoms with Crippen molar-refractivity contribution in [2.75, 3.05) is 61.4 Å². The minimum absolute atomic E-state index is 0. The van der Waals surface area contributed by atoms with Crippen LogP contribution in [0.15, 0.2) is 0 Å². The van der Waals surface area contributed by atoms with Crippen molar-refractivity contribution in [2.45, 2.75) is 88.5 Å². The van der Waals surface area contributed by atoms with Crippen molar-refractivity contribution >= 4 is 11.8 Å².